The van der Waals surface area contributed by atoms with Gasteiger partial charge in [0.2, 0.25) is 0 Å². The van der Waals surface area contributed by atoms with Crippen LogP contribution >= 0.6 is 11.3 Å². The van der Waals surface area contributed by atoms with Crippen molar-refractivity contribution < 1.29 is 4.79 Å². The fourth-order valence-electron chi connectivity index (χ4n) is 2.73. The van der Waals surface area contributed by atoms with Crippen molar-refractivity contribution in [3.63, 3.8) is 0 Å². The molecule has 0 saturated carbocycles. The third kappa shape index (κ3) is 2.16. The third-order valence-electron chi connectivity index (χ3n) is 3.76. The minimum Gasteiger partial charge on any atom is -0.344 e. The van der Waals surface area contributed by atoms with Crippen LogP contribution in [0.4, 0.5) is 0 Å². The Morgan fingerprint density at radius 2 is 2.26 bits per heavy atom. The number of aromatic nitrogens is 1. The highest BCUT2D eigenvalue weighted by Crippen LogP contribution is 2.33. The van der Waals surface area contributed by atoms with Crippen LogP contribution in [-0.2, 0) is 6.42 Å². The number of carbonyl (C=O) groups excluding carboxylic acids is 1. The zero-order chi connectivity index (χ0) is 13.4. The molecule has 0 unspecified atom stereocenters. The lowest BCUT2D eigenvalue weighted by atomic mass is 10.0. The first-order valence-corrected chi connectivity index (χ1v) is 7.34. The van der Waals surface area contributed by atoms with Gasteiger partial charge in [0, 0.05) is 0 Å². The molecule has 0 radical (unpaired) electrons. The number of nitrogens with zero attached hydrogens (tertiary/aromatic N) is 1. The number of hydrogen-bond donors (Lipinski definition) is 1. The second kappa shape index (κ2) is 4.78. The number of thiazole rings is 1. The van der Waals surface area contributed by atoms with E-state index in [0.717, 1.165) is 23.4 Å². The summed E-state index contributed by atoms with van der Waals surface area (Å²) in [5.74, 6) is -0.000596. The topological polar surface area (TPSA) is 42.0 Å². The molecule has 98 valence electrons. The van der Waals surface area contributed by atoms with E-state index < -0.39 is 0 Å². The summed E-state index contributed by atoms with van der Waals surface area (Å²) in [4.78, 5) is 17.1. The van der Waals surface area contributed by atoms with Gasteiger partial charge in [0.25, 0.3) is 5.91 Å². The van der Waals surface area contributed by atoms with Crippen LogP contribution in [0.5, 0.6) is 0 Å². The first-order chi connectivity index (χ1) is 9.16. The van der Waals surface area contributed by atoms with Crippen LogP contribution in [0.25, 0.3) is 0 Å². The van der Waals surface area contributed by atoms with Gasteiger partial charge in [0.1, 0.15) is 4.88 Å². The first kappa shape index (κ1) is 12.4. The lowest BCUT2D eigenvalue weighted by molar-refractivity contribution is 0.0940. The summed E-state index contributed by atoms with van der Waals surface area (Å²) in [6, 6.07) is 6.47. The molecule has 3 rings (SSSR count). The van der Waals surface area contributed by atoms with Crippen molar-refractivity contribution in [2.24, 2.45) is 0 Å². The van der Waals surface area contributed by atoms with Crippen LogP contribution in [0.2, 0.25) is 0 Å². The predicted octanol–water partition coefficient (Wildman–Crippen LogP) is 3.18. The summed E-state index contributed by atoms with van der Waals surface area (Å²) in [6.07, 6.45) is 2.04. The van der Waals surface area contributed by atoms with Crippen LogP contribution in [0, 0.1) is 13.8 Å². The van der Waals surface area contributed by atoms with E-state index >= 15 is 0 Å². The number of rotatable bonds is 2. The predicted molar refractivity (Wildman–Crippen MR) is 76.6 cm³/mol. The summed E-state index contributed by atoms with van der Waals surface area (Å²) >= 11 is 1.40. The lowest BCUT2D eigenvalue weighted by Gasteiger charge is -2.14. The second-order valence-electron chi connectivity index (χ2n) is 4.97. The number of nitrogens with one attached hydrogen (secondary N) is 1. The average Bonchev–Trinajstić information content (AvgIpc) is 2.97. The van der Waals surface area contributed by atoms with Gasteiger partial charge in [-0.1, -0.05) is 18.2 Å². The molecule has 1 aliphatic rings. The van der Waals surface area contributed by atoms with Crippen LogP contribution in [0.15, 0.2) is 23.7 Å². The zero-order valence-electron chi connectivity index (χ0n) is 11.1. The van der Waals surface area contributed by atoms with Crippen molar-refractivity contribution in [1.29, 1.82) is 0 Å². The fraction of sp³-hybridized carbons (Fsp3) is 0.333. The minimum atomic E-state index is -0.000596. The van der Waals surface area contributed by atoms with E-state index in [4.69, 9.17) is 0 Å². The fourth-order valence-corrected chi connectivity index (χ4v) is 3.44. The highest BCUT2D eigenvalue weighted by atomic mass is 32.1. The molecule has 1 N–H and O–H groups in total. The number of fused-ring (bicyclic) bond motifs is 1. The van der Waals surface area contributed by atoms with Gasteiger partial charge in [-0.05, 0) is 43.4 Å². The highest BCUT2D eigenvalue weighted by molar-refractivity contribution is 7.11. The van der Waals surface area contributed by atoms with Crippen LogP contribution in [0.3, 0.4) is 0 Å². The van der Waals surface area contributed by atoms with Gasteiger partial charge < -0.3 is 5.32 Å². The Hall–Kier alpha value is -1.68. The van der Waals surface area contributed by atoms with Gasteiger partial charge in [-0.25, -0.2) is 4.98 Å². The quantitative estimate of drug-likeness (QED) is 0.912. The molecule has 1 aromatic carbocycles. The van der Waals surface area contributed by atoms with E-state index in [-0.39, 0.29) is 11.9 Å². The van der Waals surface area contributed by atoms with E-state index in [1.165, 1.54) is 28.0 Å². The molecule has 1 aliphatic carbocycles. The molecule has 1 heterocycles. The van der Waals surface area contributed by atoms with Crippen molar-refractivity contribution in [1.82, 2.24) is 10.3 Å². The minimum absolute atomic E-state index is 0.000596. The summed E-state index contributed by atoms with van der Waals surface area (Å²) in [5.41, 5.74) is 6.52. The van der Waals surface area contributed by atoms with E-state index in [2.05, 4.69) is 35.4 Å². The Morgan fingerprint density at radius 1 is 1.42 bits per heavy atom. The zero-order valence-corrected chi connectivity index (χ0v) is 11.9. The summed E-state index contributed by atoms with van der Waals surface area (Å²) < 4.78 is 0. The van der Waals surface area contributed by atoms with Crippen molar-refractivity contribution in [3.05, 3.63) is 51.0 Å². The molecule has 1 atom stereocenters. The van der Waals surface area contributed by atoms with E-state index in [0.29, 0.717) is 0 Å². The third-order valence-corrected chi connectivity index (χ3v) is 4.69. The standard InChI is InChI=1S/C15H16N2OS/c1-9-4-3-5-12-11(9)6-7-13(12)17-15(18)14-10(2)16-8-19-14/h3-5,8,13H,6-7H2,1-2H3,(H,17,18)/t13-/m1/s1. The molecule has 0 saturated heterocycles. The molecular weight excluding hydrogens is 256 g/mol. The van der Waals surface area contributed by atoms with E-state index in [9.17, 15) is 4.79 Å². The number of carbonyl (C=O) groups is 1. The summed E-state index contributed by atoms with van der Waals surface area (Å²) in [6.45, 7) is 4.01. The maximum atomic E-state index is 12.2. The maximum absolute atomic E-state index is 12.2. The SMILES string of the molecule is Cc1cccc2c1CC[C@H]2NC(=O)c1scnc1C. The molecule has 3 nitrogen and oxygen atoms in total. The Kier molecular flexibility index (Phi) is 3.11. The maximum Gasteiger partial charge on any atom is 0.263 e. The average molecular weight is 272 g/mol. The van der Waals surface area contributed by atoms with Gasteiger partial charge in [-0.3, -0.25) is 4.79 Å². The number of aryl methyl sites for hydroxylation is 2. The largest absolute Gasteiger partial charge is 0.344 e. The highest BCUT2D eigenvalue weighted by Gasteiger charge is 2.26. The van der Waals surface area contributed by atoms with Gasteiger partial charge in [0.15, 0.2) is 0 Å². The van der Waals surface area contributed by atoms with Crippen LogP contribution in [-0.4, -0.2) is 10.9 Å². The summed E-state index contributed by atoms with van der Waals surface area (Å²) in [7, 11) is 0. The normalized spacial score (nSPS) is 17.3. The molecule has 0 aliphatic heterocycles. The van der Waals surface area contributed by atoms with Gasteiger partial charge >= 0.3 is 0 Å². The first-order valence-electron chi connectivity index (χ1n) is 6.46. The molecular formula is C15H16N2OS. The Labute approximate surface area is 116 Å². The van der Waals surface area contributed by atoms with Crippen molar-refractivity contribution in [3.8, 4) is 0 Å². The molecule has 19 heavy (non-hydrogen) atoms. The van der Waals surface area contributed by atoms with Crippen molar-refractivity contribution in [2.75, 3.05) is 0 Å². The Morgan fingerprint density at radius 3 is 3.00 bits per heavy atom. The smallest absolute Gasteiger partial charge is 0.263 e. The number of hydrogen-bond acceptors (Lipinski definition) is 3. The van der Waals surface area contributed by atoms with Gasteiger partial charge in [-0.2, -0.15) is 0 Å². The molecule has 4 heteroatoms. The second-order valence-corrected chi connectivity index (χ2v) is 5.83. The number of amides is 1. The lowest BCUT2D eigenvalue weighted by Crippen LogP contribution is -2.27. The van der Waals surface area contributed by atoms with Crippen LogP contribution in [0.1, 0.15) is 44.5 Å². The Bertz CT molecular complexity index is 633. The summed E-state index contributed by atoms with van der Waals surface area (Å²) in [5, 5.41) is 3.14. The van der Waals surface area contributed by atoms with Crippen molar-refractivity contribution in [2.45, 2.75) is 32.7 Å². The molecule has 1 aromatic heterocycles. The molecule has 0 fully saturated rings. The molecule has 0 spiro atoms. The van der Waals surface area contributed by atoms with Crippen molar-refractivity contribution >= 4 is 17.2 Å². The van der Waals surface area contributed by atoms with Gasteiger partial charge in [0.05, 0.1) is 17.2 Å². The molecule has 1 amide bonds. The monoisotopic (exact) mass is 272 g/mol. The van der Waals surface area contributed by atoms with Gasteiger partial charge in [-0.15, -0.1) is 11.3 Å². The van der Waals surface area contributed by atoms with E-state index in [1.54, 1.807) is 5.51 Å². The number of benzene rings is 1. The molecule has 0 bridgehead atoms. The van der Waals surface area contributed by atoms with E-state index in [1.807, 2.05) is 6.92 Å². The van der Waals surface area contributed by atoms with Crippen LogP contribution < -0.4 is 5.32 Å². The Balaban J connectivity index is 1.82. The molecule has 2 aromatic rings.